The number of carbonyl (C=O) groups is 2. The lowest BCUT2D eigenvalue weighted by atomic mass is 10.1. The molecule has 126 valence electrons. The van der Waals surface area contributed by atoms with Crippen LogP contribution in [-0.2, 0) is 24.3 Å². The molecule has 0 saturated carbocycles. The Morgan fingerprint density at radius 1 is 1.12 bits per heavy atom. The largest absolute Gasteiger partial charge is 0.492 e. The highest BCUT2D eigenvalue weighted by molar-refractivity contribution is 6.06. The Balaban J connectivity index is 1.53. The van der Waals surface area contributed by atoms with E-state index in [1.165, 1.54) is 6.08 Å². The molecule has 0 spiro atoms. The Morgan fingerprint density at radius 3 is 2.80 bits per heavy atom. The Morgan fingerprint density at radius 2 is 1.96 bits per heavy atom. The molecule has 5 heteroatoms. The summed E-state index contributed by atoms with van der Waals surface area (Å²) in [6.07, 6.45) is 2.16. The normalized spacial score (nSPS) is 14.5. The van der Waals surface area contributed by atoms with Crippen molar-refractivity contribution in [3.8, 4) is 5.75 Å². The second-order valence-corrected chi connectivity index (χ2v) is 6.23. The maximum Gasteiger partial charge on any atom is 0.259 e. The second kappa shape index (κ2) is 6.09. The number of benzene rings is 2. The van der Waals surface area contributed by atoms with Crippen molar-refractivity contribution in [3.05, 3.63) is 71.3 Å². The Hall–Kier alpha value is -3.08. The molecule has 2 heterocycles. The summed E-state index contributed by atoms with van der Waals surface area (Å²) in [6, 6.07) is 11.4. The summed E-state index contributed by atoms with van der Waals surface area (Å²) < 4.78 is 5.60. The zero-order valence-electron chi connectivity index (χ0n) is 13.7. The van der Waals surface area contributed by atoms with Crippen molar-refractivity contribution in [2.75, 3.05) is 11.9 Å². The third kappa shape index (κ3) is 2.78. The van der Waals surface area contributed by atoms with Crippen LogP contribution in [0.3, 0.4) is 0 Å². The van der Waals surface area contributed by atoms with Crippen LogP contribution >= 0.6 is 0 Å². The van der Waals surface area contributed by atoms with Gasteiger partial charge in [0.25, 0.3) is 5.91 Å². The predicted octanol–water partition coefficient (Wildman–Crippen LogP) is 2.90. The van der Waals surface area contributed by atoms with Gasteiger partial charge < -0.3 is 15.0 Å². The molecule has 0 aromatic heterocycles. The van der Waals surface area contributed by atoms with Gasteiger partial charge in [0, 0.05) is 25.2 Å². The highest BCUT2D eigenvalue weighted by atomic mass is 16.5. The van der Waals surface area contributed by atoms with Crippen molar-refractivity contribution in [2.45, 2.75) is 19.5 Å². The molecule has 2 aliphatic heterocycles. The molecule has 0 unspecified atom stereocenters. The smallest absolute Gasteiger partial charge is 0.259 e. The number of nitrogens with one attached hydrogen (secondary N) is 1. The van der Waals surface area contributed by atoms with E-state index < -0.39 is 0 Å². The van der Waals surface area contributed by atoms with Crippen LogP contribution in [0, 0.1) is 0 Å². The average molecular weight is 334 g/mol. The van der Waals surface area contributed by atoms with Crippen LogP contribution in [0.5, 0.6) is 5.75 Å². The van der Waals surface area contributed by atoms with Gasteiger partial charge in [0.15, 0.2) is 0 Å². The van der Waals surface area contributed by atoms with Crippen molar-refractivity contribution in [1.29, 1.82) is 0 Å². The van der Waals surface area contributed by atoms with Crippen LogP contribution < -0.4 is 10.1 Å². The number of ether oxygens (including phenoxy) is 1. The Labute approximate surface area is 145 Å². The first-order valence-electron chi connectivity index (χ1n) is 8.25. The number of nitrogens with zero attached hydrogens (tertiary/aromatic N) is 1. The summed E-state index contributed by atoms with van der Waals surface area (Å²) in [5, 5.41) is 2.93. The second-order valence-electron chi connectivity index (χ2n) is 6.23. The van der Waals surface area contributed by atoms with Crippen molar-refractivity contribution in [3.63, 3.8) is 0 Å². The number of para-hydroxylation sites is 1. The highest BCUT2D eigenvalue weighted by Crippen LogP contribution is 2.31. The first-order chi connectivity index (χ1) is 12.2. The quantitative estimate of drug-likeness (QED) is 0.878. The minimum atomic E-state index is -0.185. The molecule has 5 nitrogen and oxygen atoms in total. The van der Waals surface area contributed by atoms with Crippen LogP contribution in [-0.4, -0.2) is 23.3 Å². The van der Waals surface area contributed by atoms with E-state index in [2.05, 4.69) is 11.9 Å². The van der Waals surface area contributed by atoms with Crippen LogP contribution in [0.2, 0.25) is 0 Å². The summed E-state index contributed by atoms with van der Waals surface area (Å²) in [5.74, 6) is 0.415. The zero-order chi connectivity index (χ0) is 17.4. The number of amides is 2. The van der Waals surface area contributed by atoms with Crippen molar-refractivity contribution in [1.82, 2.24) is 4.90 Å². The monoisotopic (exact) mass is 334 g/mol. The third-order valence-corrected chi connectivity index (χ3v) is 4.63. The molecule has 0 fully saturated rings. The lowest BCUT2D eigenvalue weighted by molar-refractivity contribution is -0.126. The first-order valence-corrected chi connectivity index (χ1v) is 8.25. The van der Waals surface area contributed by atoms with Gasteiger partial charge in [-0.05, 0) is 41.0 Å². The van der Waals surface area contributed by atoms with Gasteiger partial charge in [-0.1, -0.05) is 24.8 Å². The van der Waals surface area contributed by atoms with Crippen LogP contribution in [0.4, 0.5) is 5.69 Å². The van der Waals surface area contributed by atoms with Crippen molar-refractivity contribution in [2.24, 2.45) is 0 Å². The first kappa shape index (κ1) is 15.4. The number of rotatable bonds is 3. The standard InChI is InChI=1S/C20H18N2O3/c1-2-18(23)22-11-14-6-7-16(10-15(14)12-22)21-20(24)17-5-3-4-13-8-9-25-19(13)17/h2-7,10H,1,8-9,11-12H2,(H,21,24). The van der Waals surface area contributed by atoms with Gasteiger partial charge in [-0.25, -0.2) is 0 Å². The van der Waals surface area contributed by atoms with Crippen LogP contribution in [0.15, 0.2) is 49.1 Å². The van der Waals surface area contributed by atoms with Gasteiger partial charge in [0.1, 0.15) is 5.75 Å². The van der Waals surface area contributed by atoms with Gasteiger partial charge in [0.2, 0.25) is 5.91 Å². The van der Waals surface area contributed by atoms with E-state index in [0.29, 0.717) is 36.7 Å². The van der Waals surface area contributed by atoms with Gasteiger partial charge in [-0.15, -0.1) is 0 Å². The molecule has 0 aliphatic carbocycles. The topological polar surface area (TPSA) is 58.6 Å². The van der Waals surface area contributed by atoms with Gasteiger partial charge in [0.05, 0.1) is 12.2 Å². The van der Waals surface area contributed by atoms with Gasteiger partial charge >= 0.3 is 0 Å². The molecule has 0 bridgehead atoms. The molecule has 2 amide bonds. The number of carbonyl (C=O) groups excluding carboxylic acids is 2. The summed E-state index contributed by atoms with van der Waals surface area (Å²) in [6.45, 7) is 5.26. The molecule has 2 aromatic rings. The lowest BCUT2D eigenvalue weighted by Gasteiger charge is -2.11. The molecule has 2 aliphatic rings. The summed E-state index contributed by atoms with van der Waals surface area (Å²) in [5.41, 5.74) is 4.48. The third-order valence-electron chi connectivity index (χ3n) is 4.63. The van der Waals surface area contributed by atoms with E-state index in [1.54, 1.807) is 11.0 Å². The fourth-order valence-corrected chi connectivity index (χ4v) is 3.35. The van der Waals surface area contributed by atoms with Crippen molar-refractivity contribution < 1.29 is 14.3 Å². The average Bonchev–Trinajstić information content (AvgIpc) is 3.26. The minimum Gasteiger partial charge on any atom is -0.492 e. The Kier molecular flexibility index (Phi) is 3.76. The molecule has 0 atom stereocenters. The number of hydrogen-bond acceptors (Lipinski definition) is 3. The van der Waals surface area contributed by atoms with E-state index in [-0.39, 0.29) is 11.8 Å². The molecular weight excluding hydrogens is 316 g/mol. The molecule has 0 saturated heterocycles. The summed E-state index contributed by atoms with van der Waals surface area (Å²) >= 11 is 0. The molecule has 2 aromatic carbocycles. The molecular formula is C20H18N2O3. The predicted molar refractivity (Wildman–Crippen MR) is 94.5 cm³/mol. The summed E-state index contributed by atoms with van der Waals surface area (Å²) in [4.78, 5) is 26.1. The van der Waals surface area contributed by atoms with E-state index >= 15 is 0 Å². The molecule has 1 N–H and O–H groups in total. The highest BCUT2D eigenvalue weighted by Gasteiger charge is 2.23. The van der Waals surface area contributed by atoms with E-state index in [0.717, 1.165) is 23.1 Å². The molecule has 4 rings (SSSR count). The van der Waals surface area contributed by atoms with Crippen LogP contribution in [0.25, 0.3) is 0 Å². The lowest BCUT2D eigenvalue weighted by Crippen LogP contribution is -2.22. The van der Waals surface area contributed by atoms with Gasteiger partial charge in [-0.3, -0.25) is 9.59 Å². The maximum absolute atomic E-state index is 12.6. The van der Waals surface area contributed by atoms with Crippen molar-refractivity contribution >= 4 is 17.5 Å². The summed E-state index contributed by atoms with van der Waals surface area (Å²) in [7, 11) is 0. The van der Waals surface area contributed by atoms with E-state index in [1.807, 2.05) is 30.3 Å². The molecule has 25 heavy (non-hydrogen) atoms. The number of anilines is 1. The molecule has 0 radical (unpaired) electrons. The fourth-order valence-electron chi connectivity index (χ4n) is 3.35. The minimum absolute atomic E-state index is 0.0845. The maximum atomic E-state index is 12.6. The number of fused-ring (bicyclic) bond motifs is 2. The SMILES string of the molecule is C=CC(=O)N1Cc2ccc(NC(=O)c3cccc4c3OCC4)cc2C1. The van der Waals surface area contributed by atoms with Crippen LogP contribution in [0.1, 0.15) is 27.0 Å². The zero-order valence-corrected chi connectivity index (χ0v) is 13.7. The van der Waals surface area contributed by atoms with Gasteiger partial charge in [-0.2, -0.15) is 0 Å². The fraction of sp³-hybridized carbons (Fsp3) is 0.200. The van der Waals surface area contributed by atoms with E-state index in [9.17, 15) is 9.59 Å². The van der Waals surface area contributed by atoms with E-state index in [4.69, 9.17) is 4.74 Å². The Bertz CT molecular complexity index is 889. The number of hydrogen-bond donors (Lipinski definition) is 1.